The van der Waals surface area contributed by atoms with E-state index < -0.39 is 0 Å². The average Bonchev–Trinajstić information content (AvgIpc) is 2.48. The normalized spacial score (nSPS) is 17.3. The van der Waals surface area contributed by atoms with Crippen molar-refractivity contribution in [1.29, 1.82) is 5.26 Å². The van der Waals surface area contributed by atoms with E-state index in [0.717, 1.165) is 25.1 Å². The molecule has 19 heavy (non-hydrogen) atoms. The second kappa shape index (κ2) is 5.07. The van der Waals surface area contributed by atoms with Crippen LogP contribution in [0, 0.1) is 11.3 Å². The molecule has 0 fully saturated rings. The van der Waals surface area contributed by atoms with Gasteiger partial charge in [0.15, 0.2) is 0 Å². The summed E-state index contributed by atoms with van der Waals surface area (Å²) in [6, 6.07) is 10.2. The van der Waals surface area contributed by atoms with Crippen LogP contribution in [-0.4, -0.2) is 16.0 Å². The number of nitrogens with zero attached hydrogens (tertiary/aromatic N) is 3. The number of anilines is 1. The Labute approximate surface area is 112 Å². The summed E-state index contributed by atoms with van der Waals surface area (Å²) in [6.07, 6.45) is 6.50. The fourth-order valence-electron chi connectivity index (χ4n) is 2.44. The highest BCUT2D eigenvalue weighted by atomic mass is 15.0. The minimum atomic E-state index is 0.386. The second-order valence-corrected chi connectivity index (χ2v) is 4.74. The molecule has 1 aliphatic carbocycles. The van der Waals surface area contributed by atoms with Crippen molar-refractivity contribution in [2.75, 3.05) is 5.32 Å². The molecule has 0 bridgehead atoms. The van der Waals surface area contributed by atoms with Gasteiger partial charge in [-0.2, -0.15) is 5.26 Å². The summed E-state index contributed by atoms with van der Waals surface area (Å²) in [5, 5.41) is 12.2. The van der Waals surface area contributed by atoms with Gasteiger partial charge in [0.05, 0.1) is 5.56 Å². The van der Waals surface area contributed by atoms with Crippen molar-refractivity contribution in [3.8, 4) is 6.07 Å². The van der Waals surface area contributed by atoms with Crippen LogP contribution in [0.2, 0.25) is 0 Å². The molecule has 0 saturated heterocycles. The first-order valence-corrected chi connectivity index (χ1v) is 6.40. The van der Waals surface area contributed by atoms with E-state index in [4.69, 9.17) is 5.26 Å². The lowest BCUT2D eigenvalue weighted by Crippen LogP contribution is -2.28. The maximum Gasteiger partial charge on any atom is 0.126 e. The summed E-state index contributed by atoms with van der Waals surface area (Å²) >= 11 is 0. The van der Waals surface area contributed by atoms with Gasteiger partial charge in [-0.3, -0.25) is 4.98 Å². The maximum atomic E-state index is 8.74. The molecule has 1 aliphatic rings. The van der Waals surface area contributed by atoms with Gasteiger partial charge in [0.25, 0.3) is 0 Å². The summed E-state index contributed by atoms with van der Waals surface area (Å²) in [4.78, 5) is 8.65. The maximum absolute atomic E-state index is 8.74. The predicted octanol–water partition coefficient (Wildman–Crippen LogP) is 2.32. The summed E-state index contributed by atoms with van der Waals surface area (Å²) < 4.78 is 0. The first kappa shape index (κ1) is 11.7. The molecule has 3 rings (SSSR count). The lowest BCUT2D eigenvalue weighted by Gasteiger charge is -2.25. The molecule has 1 N–H and O–H groups in total. The van der Waals surface area contributed by atoms with Crippen LogP contribution >= 0.6 is 0 Å². The summed E-state index contributed by atoms with van der Waals surface area (Å²) in [7, 11) is 0. The molecule has 0 amide bonds. The first-order chi connectivity index (χ1) is 9.35. The lowest BCUT2D eigenvalue weighted by atomic mass is 9.92. The van der Waals surface area contributed by atoms with Crippen LogP contribution in [0.5, 0.6) is 0 Å². The van der Waals surface area contributed by atoms with E-state index in [1.54, 1.807) is 12.3 Å². The number of nitrogens with one attached hydrogen (secondary N) is 1. The largest absolute Gasteiger partial charge is 0.367 e. The van der Waals surface area contributed by atoms with Gasteiger partial charge in [0, 0.05) is 24.1 Å². The fraction of sp³-hybridized carbons (Fsp3) is 0.267. The van der Waals surface area contributed by atoms with Crippen LogP contribution in [0.25, 0.3) is 0 Å². The smallest absolute Gasteiger partial charge is 0.126 e. The van der Waals surface area contributed by atoms with Gasteiger partial charge in [0.2, 0.25) is 0 Å². The predicted molar refractivity (Wildman–Crippen MR) is 72.6 cm³/mol. The van der Waals surface area contributed by atoms with E-state index in [1.165, 1.54) is 11.3 Å². The van der Waals surface area contributed by atoms with Crippen molar-refractivity contribution >= 4 is 5.82 Å². The Morgan fingerprint density at radius 2 is 2.21 bits per heavy atom. The number of rotatable bonds is 2. The monoisotopic (exact) mass is 250 g/mol. The van der Waals surface area contributed by atoms with Gasteiger partial charge in [-0.25, -0.2) is 4.98 Å². The molecule has 4 nitrogen and oxygen atoms in total. The highest BCUT2D eigenvalue weighted by Crippen LogP contribution is 2.21. The Kier molecular flexibility index (Phi) is 3.11. The van der Waals surface area contributed by atoms with Gasteiger partial charge in [-0.15, -0.1) is 0 Å². The van der Waals surface area contributed by atoms with Gasteiger partial charge < -0.3 is 5.32 Å². The Balaban J connectivity index is 1.70. The summed E-state index contributed by atoms with van der Waals surface area (Å²) in [5.74, 6) is 0.830. The van der Waals surface area contributed by atoms with E-state index in [9.17, 15) is 0 Å². The molecule has 1 atom stereocenters. The molecule has 2 heterocycles. The van der Waals surface area contributed by atoms with Gasteiger partial charge in [0.1, 0.15) is 11.9 Å². The zero-order valence-electron chi connectivity index (χ0n) is 10.5. The zero-order valence-corrected chi connectivity index (χ0v) is 10.5. The summed E-state index contributed by atoms with van der Waals surface area (Å²) in [5.41, 5.74) is 3.12. The van der Waals surface area contributed by atoms with Crippen molar-refractivity contribution in [1.82, 2.24) is 9.97 Å². The molecule has 2 aromatic rings. The third kappa shape index (κ3) is 2.55. The fourth-order valence-corrected chi connectivity index (χ4v) is 2.44. The molecule has 4 heteroatoms. The van der Waals surface area contributed by atoms with Crippen LogP contribution in [0.15, 0.2) is 36.7 Å². The average molecular weight is 250 g/mol. The number of aromatic nitrogens is 2. The molecule has 0 aromatic carbocycles. The molecular weight excluding hydrogens is 236 g/mol. The third-order valence-electron chi connectivity index (χ3n) is 3.43. The topological polar surface area (TPSA) is 61.6 Å². The van der Waals surface area contributed by atoms with Crippen molar-refractivity contribution in [3.05, 3.63) is 53.5 Å². The first-order valence-electron chi connectivity index (χ1n) is 6.40. The number of pyridine rings is 2. The van der Waals surface area contributed by atoms with Crippen LogP contribution in [0.1, 0.15) is 23.2 Å². The van der Waals surface area contributed by atoms with Crippen molar-refractivity contribution in [3.63, 3.8) is 0 Å². The minimum absolute atomic E-state index is 0.386. The standard InChI is InChI=1S/C15H14N4/c16-9-11-3-6-15(18-10-11)19-13-4-5-14-12(8-13)2-1-7-17-14/h1-3,6-7,10,13H,4-5,8H2,(H,18,19). The van der Waals surface area contributed by atoms with Gasteiger partial charge in [-0.1, -0.05) is 6.07 Å². The quantitative estimate of drug-likeness (QED) is 0.888. The van der Waals surface area contributed by atoms with E-state index in [-0.39, 0.29) is 0 Å². The Bertz CT molecular complexity index is 613. The molecule has 0 spiro atoms. The SMILES string of the molecule is N#Cc1ccc(NC2CCc3ncccc3C2)nc1. The molecule has 2 aromatic heterocycles. The minimum Gasteiger partial charge on any atom is -0.367 e. The molecule has 0 aliphatic heterocycles. The van der Waals surface area contributed by atoms with Crippen molar-refractivity contribution in [2.24, 2.45) is 0 Å². The lowest BCUT2D eigenvalue weighted by molar-refractivity contribution is 0.597. The Morgan fingerprint density at radius 1 is 1.26 bits per heavy atom. The molecule has 94 valence electrons. The molecule has 0 radical (unpaired) electrons. The Morgan fingerprint density at radius 3 is 3.00 bits per heavy atom. The molecule has 0 saturated carbocycles. The second-order valence-electron chi connectivity index (χ2n) is 4.74. The van der Waals surface area contributed by atoms with E-state index in [0.29, 0.717) is 11.6 Å². The van der Waals surface area contributed by atoms with E-state index in [1.807, 2.05) is 18.3 Å². The zero-order chi connectivity index (χ0) is 13.1. The summed E-state index contributed by atoms with van der Waals surface area (Å²) in [6.45, 7) is 0. The Hall–Kier alpha value is -2.41. The van der Waals surface area contributed by atoms with Crippen molar-refractivity contribution < 1.29 is 0 Å². The van der Waals surface area contributed by atoms with E-state index >= 15 is 0 Å². The highest BCUT2D eigenvalue weighted by molar-refractivity contribution is 5.41. The van der Waals surface area contributed by atoms with Gasteiger partial charge in [-0.05, 0) is 43.0 Å². The van der Waals surface area contributed by atoms with Crippen LogP contribution in [-0.2, 0) is 12.8 Å². The van der Waals surface area contributed by atoms with Crippen LogP contribution in [0.4, 0.5) is 5.82 Å². The molecule has 1 unspecified atom stereocenters. The number of hydrogen-bond donors (Lipinski definition) is 1. The van der Waals surface area contributed by atoms with Gasteiger partial charge >= 0.3 is 0 Å². The number of aryl methyl sites for hydroxylation is 1. The van der Waals surface area contributed by atoms with Crippen molar-refractivity contribution in [2.45, 2.75) is 25.3 Å². The van der Waals surface area contributed by atoms with Crippen LogP contribution < -0.4 is 5.32 Å². The number of nitriles is 1. The van der Waals surface area contributed by atoms with Crippen LogP contribution in [0.3, 0.4) is 0 Å². The highest BCUT2D eigenvalue weighted by Gasteiger charge is 2.19. The van der Waals surface area contributed by atoms with E-state index in [2.05, 4.69) is 27.4 Å². The molecular formula is C15H14N4. The number of fused-ring (bicyclic) bond motifs is 1. The third-order valence-corrected chi connectivity index (χ3v) is 3.43. The number of hydrogen-bond acceptors (Lipinski definition) is 4.